The van der Waals surface area contributed by atoms with Gasteiger partial charge in [-0.3, -0.25) is 4.99 Å². The molecule has 7 heteroatoms. The van der Waals surface area contributed by atoms with Gasteiger partial charge in [-0.05, 0) is 12.8 Å². The van der Waals surface area contributed by atoms with E-state index in [0.717, 1.165) is 55.8 Å². The molecule has 0 unspecified atom stereocenters. The van der Waals surface area contributed by atoms with E-state index in [1.54, 1.807) is 6.33 Å². The van der Waals surface area contributed by atoms with Crippen molar-refractivity contribution in [2.24, 2.45) is 12.0 Å². The molecule has 1 aromatic rings. The maximum Gasteiger partial charge on any atom is 0.157 e. The molecule has 3 rings (SSSR count). The van der Waals surface area contributed by atoms with Gasteiger partial charge < -0.3 is 14.6 Å². The predicted molar refractivity (Wildman–Crippen MR) is 75.4 cm³/mol. The van der Waals surface area contributed by atoms with Gasteiger partial charge in [0.1, 0.15) is 12.2 Å². The number of rotatable bonds is 3. The van der Waals surface area contributed by atoms with E-state index >= 15 is 0 Å². The summed E-state index contributed by atoms with van der Waals surface area (Å²) in [5.74, 6) is 2.09. The van der Waals surface area contributed by atoms with E-state index < -0.39 is 0 Å². The van der Waals surface area contributed by atoms with Crippen molar-refractivity contribution in [1.82, 2.24) is 20.1 Å². The Labute approximate surface area is 117 Å². The van der Waals surface area contributed by atoms with Crippen molar-refractivity contribution in [3.63, 3.8) is 0 Å². The number of hydrogen-bond donors (Lipinski definition) is 1. The molecule has 0 aromatic carbocycles. The van der Waals surface area contributed by atoms with Gasteiger partial charge in [-0.25, -0.2) is 0 Å². The van der Waals surface area contributed by atoms with Crippen LogP contribution in [0.15, 0.2) is 11.3 Å². The molecule has 0 amide bonds. The highest BCUT2D eigenvalue weighted by atomic mass is 32.2. The molecule has 0 atom stereocenters. The van der Waals surface area contributed by atoms with Crippen LogP contribution in [0.4, 0.5) is 0 Å². The van der Waals surface area contributed by atoms with E-state index in [1.165, 1.54) is 0 Å². The average Bonchev–Trinajstić information content (AvgIpc) is 2.99. The van der Waals surface area contributed by atoms with E-state index in [1.807, 2.05) is 23.4 Å². The first-order valence-electron chi connectivity index (χ1n) is 6.64. The van der Waals surface area contributed by atoms with Crippen molar-refractivity contribution in [2.75, 3.05) is 25.5 Å². The summed E-state index contributed by atoms with van der Waals surface area (Å²) in [7, 11) is 1.96. The number of thioether (sulfide) groups is 1. The predicted octanol–water partition coefficient (Wildman–Crippen LogP) is 0.599. The number of ether oxygens (including phenoxy) is 1. The quantitative estimate of drug-likeness (QED) is 0.879. The van der Waals surface area contributed by atoms with Crippen LogP contribution in [0.1, 0.15) is 18.7 Å². The molecule has 0 saturated carbocycles. The molecule has 0 radical (unpaired) electrons. The third-order valence-electron chi connectivity index (χ3n) is 3.70. The normalized spacial score (nSPS) is 23.9. The number of hydrogen-bond acceptors (Lipinski definition) is 5. The molecule has 1 N–H and O–H groups in total. The molecule has 0 bridgehead atoms. The van der Waals surface area contributed by atoms with Crippen LogP contribution in [0.3, 0.4) is 0 Å². The van der Waals surface area contributed by atoms with Gasteiger partial charge >= 0.3 is 0 Å². The molecule has 1 spiro atoms. The minimum absolute atomic E-state index is 0.229. The van der Waals surface area contributed by atoms with Crippen LogP contribution in [-0.4, -0.2) is 51.0 Å². The molecule has 19 heavy (non-hydrogen) atoms. The Kier molecular flexibility index (Phi) is 3.74. The first-order valence-corrected chi connectivity index (χ1v) is 7.62. The Balaban J connectivity index is 1.53. The first-order chi connectivity index (χ1) is 9.27. The lowest BCUT2D eigenvalue weighted by Crippen LogP contribution is -2.48. The molecule has 6 nitrogen and oxygen atoms in total. The largest absolute Gasteiger partial charge is 0.381 e. The van der Waals surface area contributed by atoms with Crippen LogP contribution in [0.5, 0.6) is 0 Å². The van der Waals surface area contributed by atoms with E-state index in [9.17, 15) is 0 Å². The molecule has 1 aromatic heterocycles. The Bertz CT molecular complexity index is 466. The number of amidine groups is 1. The molecule has 2 fully saturated rings. The smallest absolute Gasteiger partial charge is 0.157 e. The summed E-state index contributed by atoms with van der Waals surface area (Å²) < 4.78 is 7.37. The maximum atomic E-state index is 5.43. The van der Waals surface area contributed by atoms with Gasteiger partial charge in [0.25, 0.3) is 0 Å². The lowest BCUT2D eigenvalue weighted by molar-refractivity contribution is 0.0555. The van der Waals surface area contributed by atoms with Crippen LogP contribution in [0, 0.1) is 0 Å². The highest BCUT2D eigenvalue weighted by Crippen LogP contribution is 2.31. The number of aromatic nitrogens is 3. The Morgan fingerprint density at radius 3 is 3.11 bits per heavy atom. The summed E-state index contributed by atoms with van der Waals surface area (Å²) in [4.78, 5) is 4.64. The van der Waals surface area contributed by atoms with Crippen molar-refractivity contribution in [3.8, 4) is 0 Å². The third kappa shape index (κ3) is 2.92. The van der Waals surface area contributed by atoms with Crippen LogP contribution in [0.2, 0.25) is 0 Å². The zero-order valence-electron chi connectivity index (χ0n) is 11.1. The van der Waals surface area contributed by atoms with Crippen molar-refractivity contribution in [1.29, 1.82) is 0 Å². The summed E-state index contributed by atoms with van der Waals surface area (Å²) in [6, 6.07) is 0. The lowest BCUT2D eigenvalue weighted by Gasteiger charge is -2.32. The monoisotopic (exact) mass is 281 g/mol. The fraction of sp³-hybridized carbons (Fsp3) is 0.750. The van der Waals surface area contributed by atoms with Gasteiger partial charge in [-0.2, -0.15) is 0 Å². The van der Waals surface area contributed by atoms with Gasteiger partial charge in [0, 0.05) is 39.0 Å². The van der Waals surface area contributed by atoms with Crippen LogP contribution in [0.25, 0.3) is 0 Å². The molecule has 3 heterocycles. The third-order valence-corrected chi connectivity index (χ3v) is 4.90. The molecule has 2 aliphatic heterocycles. The van der Waals surface area contributed by atoms with Crippen LogP contribution < -0.4 is 5.32 Å². The molecule has 0 aliphatic carbocycles. The number of nitrogens with one attached hydrogen (secondary N) is 1. The zero-order valence-corrected chi connectivity index (χ0v) is 11.9. The molecular weight excluding hydrogens is 262 g/mol. The minimum Gasteiger partial charge on any atom is -0.381 e. The second kappa shape index (κ2) is 5.50. The summed E-state index contributed by atoms with van der Waals surface area (Å²) in [5.41, 5.74) is 0.229. The van der Waals surface area contributed by atoms with E-state index in [4.69, 9.17) is 4.74 Å². The topological polar surface area (TPSA) is 64.3 Å². The Morgan fingerprint density at radius 2 is 2.37 bits per heavy atom. The molecule has 2 aliphatic rings. The van der Waals surface area contributed by atoms with Gasteiger partial charge in [0.05, 0.1) is 5.54 Å². The number of aryl methyl sites for hydroxylation is 1. The SMILES string of the molecule is Cn1cnnc1CCN=C1NC2(CCOCC2)CS1. The number of nitrogens with zero attached hydrogens (tertiary/aromatic N) is 4. The van der Waals surface area contributed by atoms with E-state index in [2.05, 4.69) is 20.5 Å². The average molecular weight is 281 g/mol. The van der Waals surface area contributed by atoms with Crippen LogP contribution in [-0.2, 0) is 18.2 Å². The van der Waals surface area contributed by atoms with Crippen LogP contribution >= 0.6 is 11.8 Å². The Morgan fingerprint density at radius 1 is 1.53 bits per heavy atom. The van der Waals surface area contributed by atoms with Crippen molar-refractivity contribution < 1.29 is 4.74 Å². The van der Waals surface area contributed by atoms with Gasteiger partial charge in [-0.15, -0.1) is 10.2 Å². The van der Waals surface area contributed by atoms with Gasteiger partial charge in [0.2, 0.25) is 0 Å². The fourth-order valence-electron chi connectivity index (χ4n) is 2.41. The molecular formula is C12H19N5OS. The standard InChI is InChI=1S/C12H19N5OS/c1-17-9-14-16-10(17)2-5-13-11-15-12(8-19-11)3-6-18-7-4-12/h9H,2-8H2,1H3,(H,13,15). The molecule has 104 valence electrons. The summed E-state index contributed by atoms with van der Waals surface area (Å²) in [6.45, 7) is 2.48. The second-order valence-electron chi connectivity index (χ2n) is 5.10. The molecule has 2 saturated heterocycles. The first kappa shape index (κ1) is 12.9. The van der Waals surface area contributed by atoms with E-state index in [0.29, 0.717) is 0 Å². The summed E-state index contributed by atoms with van der Waals surface area (Å²) in [6.07, 6.45) is 4.73. The fourth-order valence-corrected chi connectivity index (χ4v) is 3.66. The Hall–Kier alpha value is -1.08. The zero-order chi connectivity index (χ0) is 13.1. The van der Waals surface area contributed by atoms with Crippen molar-refractivity contribution in [3.05, 3.63) is 12.2 Å². The second-order valence-corrected chi connectivity index (χ2v) is 6.07. The minimum atomic E-state index is 0.229. The summed E-state index contributed by atoms with van der Waals surface area (Å²) >= 11 is 1.83. The van der Waals surface area contributed by atoms with E-state index in [-0.39, 0.29) is 5.54 Å². The lowest BCUT2D eigenvalue weighted by atomic mass is 9.93. The number of aliphatic imine (C=N–C) groups is 1. The van der Waals surface area contributed by atoms with Crippen molar-refractivity contribution in [2.45, 2.75) is 24.8 Å². The maximum absolute atomic E-state index is 5.43. The van der Waals surface area contributed by atoms with Crippen molar-refractivity contribution >= 4 is 16.9 Å². The summed E-state index contributed by atoms with van der Waals surface area (Å²) in [5, 5.41) is 12.6. The van der Waals surface area contributed by atoms with Gasteiger partial charge in [-0.1, -0.05) is 11.8 Å². The van der Waals surface area contributed by atoms with Gasteiger partial charge in [0.15, 0.2) is 5.17 Å². The highest BCUT2D eigenvalue weighted by molar-refractivity contribution is 8.14. The highest BCUT2D eigenvalue weighted by Gasteiger charge is 2.38.